The van der Waals surface area contributed by atoms with Crippen LogP contribution in [0, 0.1) is 6.92 Å². The first-order valence-electron chi connectivity index (χ1n) is 8.03. The number of aromatic hydroxyl groups is 1. The minimum atomic E-state index is -0.489. The lowest BCUT2D eigenvalue weighted by Crippen LogP contribution is -2.28. The summed E-state index contributed by atoms with van der Waals surface area (Å²) in [4.78, 5) is 12.4. The van der Waals surface area contributed by atoms with Gasteiger partial charge in [-0.1, -0.05) is 11.6 Å². The van der Waals surface area contributed by atoms with Crippen molar-refractivity contribution in [3.8, 4) is 11.5 Å². The molecule has 126 valence electrons. The third-order valence-corrected chi connectivity index (χ3v) is 4.09. The number of phenolic OH excluding ortho intramolecular Hbond substituents is 1. The Bertz CT molecular complexity index is 938. The van der Waals surface area contributed by atoms with E-state index in [2.05, 4.69) is 6.08 Å². The summed E-state index contributed by atoms with van der Waals surface area (Å²) in [6.07, 6.45) is 6.32. The van der Waals surface area contributed by atoms with Crippen LogP contribution in [0.4, 0.5) is 0 Å². The van der Waals surface area contributed by atoms with E-state index in [-0.39, 0.29) is 16.6 Å². The van der Waals surface area contributed by atoms with E-state index < -0.39 is 5.60 Å². The van der Waals surface area contributed by atoms with Crippen LogP contribution < -0.4 is 10.2 Å². The van der Waals surface area contributed by atoms with Crippen molar-refractivity contribution in [2.75, 3.05) is 0 Å². The molecular weight excluding hydrogens is 304 g/mol. The van der Waals surface area contributed by atoms with Gasteiger partial charge in [0.15, 0.2) is 5.43 Å². The topological polar surface area (TPSA) is 59.7 Å². The zero-order valence-electron chi connectivity index (χ0n) is 14.7. The predicted molar refractivity (Wildman–Crippen MR) is 95.8 cm³/mol. The first kappa shape index (κ1) is 16.4. The lowest BCUT2D eigenvalue weighted by molar-refractivity contribution is 0.157. The molecule has 0 atom stereocenters. The van der Waals surface area contributed by atoms with Gasteiger partial charge in [0, 0.05) is 11.6 Å². The normalized spacial score (nSPS) is 15.0. The summed E-state index contributed by atoms with van der Waals surface area (Å²) in [5.74, 6) is 1.01. The Labute approximate surface area is 141 Å². The molecule has 0 radical (unpaired) electrons. The summed E-state index contributed by atoms with van der Waals surface area (Å²) in [6.45, 7) is 9.66. The van der Waals surface area contributed by atoms with Crippen molar-refractivity contribution in [3.63, 3.8) is 0 Å². The number of fused-ring (bicyclic) bond motifs is 2. The van der Waals surface area contributed by atoms with Gasteiger partial charge in [0.1, 0.15) is 33.8 Å². The number of phenols is 1. The monoisotopic (exact) mass is 326 g/mol. The van der Waals surface area contributed by atoms with Crippen LogP contribution in [0.25, 0.3) is 17.0 Å². The Kier molecular flexibility index (Phi) is 3.78. The van der Waals surface area contributed by atoms with E-state index in [1.807, 2.05) is 39.8 Å². The highest BCUT2D eigenvalue weighted by Crippen LogP contribution is 2.44. The van der Waals surface area contributed by atoms with Crippen molar-refractivity contribution in [3.05, 3.63) is 50.9 Å². The third-order valence-electron chi connectivity index (χ3n) is 4.09. The molecule has 0 spiro atoms. The fourth-order valence-electron chi connectivity index (χ4n) is 2.90. The van der Waals surface area contributed by atoms with Crippen LogP contribution in [-0.2, 0) is 6.42 Å². The van der Waals surface area contributed by atoms with Gasteiger partial charge in [-0.25, -0.2) is 0 Å². The largest absolute Gasteiger partial charge is 0.506 e. The highest BCUT2D eigenvalue weighted by molar-refractivity contribution is 5.94. The molecule has 1 N–H and O–H groups in total. The van der Waals surface area contributed by atoms with Gasteiger partial charge in [-0.05, 0) is 53.2 Å². The highest BCUT2D eigenvalue weighted by atomic mass is 16.5. The van der Waals surface area contributed by atoms with Gasteiger partial charge in [0.05, 0.1) is 5.56 Å². The molecule has 2 heterocycles. The Morgan fingerprint density at radius 3 is 2.71 bits per heavy atom. The van der Waals surface area contributed by atoms with E-state index in [0.717, 1.165) is 11.1 Å². The number of ether oxygens (including phenoxy) is 1. The van der Waals surface area contributed by atoms with E-state index in [1.54, 1.807) is 6.92 Å². The number of rotatable bonds is 2. The number of aryl methyl sites for hydroxylation is 1. The van der Waals surface area contributed by atoms with Crippen molar-refractivity contribution in [2.45, 2.75) is 46.6 Å². The van der Waals surface area contributed by atoms with Gasteiger partial charge >= 0.3 is 0 Å². The summed E-state index contributed by atoms with van der Waals surface area (Å²) < 4.78 is 11.9. The predicted octanol–water partition coefficient (Wildman–Crippen LogP) is 4.50. The van der Waals surface area contributed by atoms with Crippen LogP contribution in [0.3, 0.4) is 0 Å². The highest BCUT2D eigenvalue weighted by Gasteiger charge is 2.29. The second-order valence-corrected chi connectivity index (χ2v) is 7.02. The summed E-state index contributed by atoms with van der Waals surface area (Å²) >= 11 is 0. The minimum absolute atomic E-state index is 0.0820. The van der Waals surface area contributed by atoms with E-state index in [0.29, 0.717) is 29.1 Å². The quantitative estimate of drug-likeness (QED) is 0.826. The second-order valence-electron chi connectivity index (χ2n) is 7.02. The zero-order chi connectivity index (χ0) is 17.6. The standard InChI is InChI=1S/C20H22O4/c1-11(2)6-7-14-18-13(8-9-20(4,5)24-18)17(22)16-15(21)10-12(3)23-19(14)16/h6,8-10,22H,7H2,1-5H3. The number of allylic oxidation sites excluding steroid dienone is 2. The Hall–Kier alpha value is -2.49. The zero-order valence-corrected chi connectivity index (χ0v) is 14.7. The molecule has 4 nitrogen and oxygen atoms in total. The van der Waals surface area contributed by atoms with Crippen molar-refractivity contribution < 1.29 is 14.3 Å². The van der Waals surface area contributed by atoms with E-state index in [1.165, 1.54) is 6.07 Å². The van der Waals surface area contributed by atoms with Crippen LogP contribution in [0.5, 0.6) is 11.5 Å². The maximum absolute atomic E-state index is 12.4. The van der Waals surface area contributed by atoms with Gasteiger partial charge in [-0.15, -0.1) is 0 Å². The van der Waals surface area contributed by atoms with Gasteiger partial charge in [-0.2, -0.15) is 0 Å². The Morgan fingerprint density at radius 1 is 1.33 bits per heavy atom. The van der Waals surface area contributed by atoms with Gasteiger partial charge < -0.3 is 14.3 Å². The van der Waals surface area contributed by atoms with Crippen LogP contribution >= 0.6 is 0 Å². The summed E-state index contributed by atoms with van der Waals surface area (Å²) in [5.41, 5.74) is 2.15. The average molecular weight is 326 g/mol. The number of hydrogen-bond donors (Lipinski definition) is 1. The fourth-order valence-corrected chi connectivity index (χ4v) is 2.90. The van der Waals surface area contributed by atoms with E-state index in [9.17, 15) is 9.90 Å². The van der Waals surface area contributed by atoms with Gasteiger partial charge in [-0.3, -0.25) is 4.79 Å². The molecule has 1 aromatic carbocycles. The maximum Gasteiger partial charge on any atom is 0.196 e. The maximum atomic E-state index is 12.4. The van der Waals surface area contributed by atoms with Gasteiger partial charge in [0.25, 0.3) is 0 Å². The molecule has 4 heteroatoms. The van der Waals surface area contributed by atoms with E-state index in [4.69, 9.17) is 9.15 Å². The average Bonchev–Trinajstić information content (AvgIpc) is 2.44. The molecule has 3 rings (SSSR count). The number of hydrogen-bond acceptors (Lipinski definition) is 4. The van der Waals surface area contributed by atoms with Crippen molar-refractivity contribution >= 4 is 17.0 Å². The van der Waals surface area contributed by atoms with Crippen LogP contribution in [0.15, 0.2) is 33.0 Å². The minimum Gasteiger partial charge on any atom is -0.506 e. The molecular formula is C20H22O4. The lowest BCUT2D eigenvalue weighted by Gasteiger charge is -2.30. The molecule has 1 aliphatic rings. The molecule has 24 heavy (non-hydrogen) atoms. The molecule has 0 aliphatic carbocycles. The molecule has 1 aliphatic heterocycles. The second kappa shape index (κ2) is 5.55. The van der Waals surface area contributed by atoms with Crippen LogP contribution in [0.1, 0.15) is 44.6 Å². The van der Waals surface area contributed by atoms with Crippen molar-refractivity contribution in [2.24, 2.45) is 0 Å². The molecule has 0 bridgehead atoms. The SMILES string of the molecule is CC(C)=CCc1c2c(c(O)c3c(=O)cc(C)oc13)C=CC(C)(C)O2. The van der Waals surface area contributed by atoms with Crippen molar-refractivity contribution in [1.82, 2.24) is 0 Å². The summed E-state index contributed by atoms with van der Waals surface area (Å²) in [6, 6.07) is 1.40. The summed E-state index contributed by atoms with van der Waals surface area (Å²) in [7, 11) is 0. The fraction of sp³-hybridized carbons (Fsp3) is 0.350. The summed E-state index contributed by atoms with van der Waals surface area (Å²) in [5, 5.41) is 10.8. The third kappa shape index (κ3) is 2.73. The van der Waals surface area contributed by atoms with Crippen LogP contribution in [0.2, 0.25) is 0 Å². The van der Waals surface area contributed by atoms with Gasteiger partial charge in [0.2, 0.25) is 0 Å². The first-order valence-corrected chi connectivity index (χ1v) is 8.03. The van der Waals surface area contributed by atoms with Crippen molar-refractivity contribution in [1.29, 1.82) is 0 Å². The van der Waals surface area contributed by atoms with E-state index >= 15 is 0 Å². The smallest absolute Gasteiger partial charge is 0.196 e. The number of benzene rings is 1. The first-order chi connectivity index (χ1) is 11.2. The molecule has 0 amide bonds. The molecule has 0 saturated heterocycles. The molecule has 0 unspecified atom stereocenters. The van der Waals surface area contributed by atoms with Crippen LogP contribution in [-0.4, -0.2) is 10.7 Å². The Morgan fingerprint density at radius 2 is 2.04 bits per heavy atom. The molecule has 2 aromatic rings. The molecule has 1 aromatic heterocycles. The molecule has 0 fully saturated rings. The lowest BCUT2D eigenvalue weighted by atomic mass is 9.94. The Balaban J connectivity index is 2.44. The molecule has 0 saturated carbocycles.